The Hall–Kier alpha value is -3.86. The third-order valence-electron chi connectivity index (χ3n) is 4.90. The number of H-pyrrole nitrogens is 1. The second-order valence-electron chi connectivity index (χ2n) is 7.15. The molecule has 0 saturated heterocycles. The number of aromatic amines is 1. The van der Waals surface area contributed by atoms with Crippen LogP contribution in [0.15, 0.2) is 66.7 Å². The number of aromatic nitrogens is 2. The first-order valence-electron chi connectivity index (χ1n) is 9.98. The first-order chi connectivity index (χ1) is 14.6. The summed E-state index contributed by atoms with van der Waals surface area (Å²) in [5, 5.41) is 20.7. The lowest BCUT2D eigenvalue weighted by Gasteiger charge is -2.09. The number of anilines is 1. The summed E-state index contributed by atoms with van der Waals surface area (Å²) in [5.41, 5.74) is 4.91. The van der Waals surface area contributed by atoms with Gasteiger partial charge >= 0.3 is 0 Å². The predicted molar refractivity (Wildman–Crippen MR) is 122 cm³/mol. The number of phenols is 1. The molecule has 0 aliphatic heterocycles. The number of hydrogen-bond donors (Lipinski definition) is 3. The minimum absolute atomic E-state index is 0.0464. The minimum Gasteiger partial charge on any atom is -0.508 e. The van der Waals surface area contributed by atoms with Crippen LogP contribution in [-0.4, -0.2) is 21.2 Å². The Morgan fingerprint density at radius 1 is 1.07 bits per heavy atom. The summed E-state index contributed by atoms with van der Waals surface area (Å²) in [7, 11) is 0. The van der Waals surface area contributed by atoms with Crippen LogP contribution in [0, 0.1) is 0 Å². The Balaban J connectivity index is 1.81. The summed E-state index contributed by atoms with van der Waals surface area (Å²) in [6.07, 6.45) is 5.35. The molecular weight excluding hydrogens is 374 g/mol. The predicted octanol–water partition coefficient (Wildman–Crippen LogP) is 5.84. The van der Waals surface area contributed by atoms with E-state index in [9.17, 15) is 9.90 Å². The van der Waals surface area contributed by atoms with Gasteiger partial charge in [-0.2, -0.15) is 5.10 Å². The van der Waals surface area contributed by atoms with Crippen LogP contribution in [0.2, 0.25) is 0 Å². The van der Waals surface area contributed by atoms with Crippen LogP contribution in [0.4, 0.5) is 5.82 Å². The van der Waals surface area contributed by atoms with Crippen LogP contribution in [0.5, 0.6) is 5.75 Å². The second kappa shape index (κ2) is 8.66. The zero-order valence-corrected chi connectivity index (χ0v) is 16.7. The first-order valence-corrected chi connectivity index (χ1v) is 9.98. The molecule has 0 radical (unpaired) electrons. The molecule has 30 heavy (non-hydrogen) atoms. The fourth-order valence-corrected chi connectivity index (χ4v) is 3.38. The smallest absolute Gasteiger partial charge is 0.225 e. The van der Waals surface area contributed by atoms with E-state index in [4.69, 9.17) is 0 Å². The number of fused-ring (bicyclic) bond motifs is 1. The van der Waals surface area contributed by atoms with E-state index in [1.54, 1.807) is 12.1 Å². The number of carbonyl (C=O) groups excluding carboxylic acids is 1. The number of amides is 1. The van der Waals surface area contributed by atoms with Crippen LogP contribution in [0.1, 0.15) is 30.9 Å². The quantitative estimate of drug-likeness (QED) is 0.357. The molecule has 4 aromatic rings. The van der Waals surface area contributed by atoms with Crippen molar-refractivity contribution >= 4 is 34.8 Å². The molecule has 3 aromatic carbocycles. The number of hydrogen-bond acceptors (Lipinski definition) is 3. The van der Waals surface area contributed by atoms with Crippen molar-refractivity contribution in [2.24, 2.45) is 0 Å². The van der Waals surface area contributed by atoms with Crippen molar-refractivity contribution in [3.63, 3.8) is 0 Å². The van der Waals surface area contributed by atoms with Crippen LogP contribution in [0.25, 0.3) is 34.2 Å². The lowest BCUT2D eigenvalue weighted by molar-refractivity contribution is -0.116. The van der Waals surface area contributed by atoms with E-state index in [2.05, 4.69) is 27.7 Å². The van der Waals surface area contributed by atoms with Gasteiger partial charge in [0.25, 0.3) is 0 Å². The van der Waals surface area contributed by atoms with Gasteiger partial charge < -0.3 is 10.4 Å². The molecule has 0 spiro atoms. The van der Waals surface area contributed by atoms with Crippen LogP contribution in [0.3, 0.4) is 0 Å². The number of carbonyl (C=O) groups is 1. The van der Waals surface area contributed by atoms with E-state index in [0.717, 1.165) is 39.6 Å². The molecule has 5 heteroatoms. The molecule has 0 saturated carbocycles. The van der Waals surface area contributed by atoms with Crippen molar-refractivity contribution in [1.82, 2.24) is 10.2 Å². The largest absolute Gasteiger partial charge is 0.508 e. The lowest BCUT2D eigenvalue weighted by atomic mass is 9.97. The van der Waals surface area contributed by atoms with E-state index in [-0.39, 0.29) is 11.7 Å². The summed E-state index contributed by atoms with van der Waals surface area (Å²) in [4.78, 5) is 12.1. The van der Waals surface area contributed by atoms with Crippen LogP contribution >= 0.6 is 0 Å². The molecule has 150 valence electrons. The molecule has 0 aliphatic rings. The topological polar surface area (TPSA) is 78.0 Å². The third kappa shape index (κ3) is 4.25. The average molecular weight is 397 g/mol. The Labute approximate surface area is 175 Å². The molecular formula is C25H23N3O2. The number of benzene rings is 3. The van der Waals surface area contributed by atoms with Crippen molar-refractivity contribution in [3.05, 3.63) is 77.9 Å². The maximum absolute atomic E-state index is 12.1. The first kappa shape index (κ1) is 19.5. The Morgan fingerprint density at radius 2 is 1.83 bits per heavy atom. The summed E-state index contributed by atoms with van der Waals surface area (Å²) in [5.74, 6) is 0.716. The normalized spacial score (nSPS) is 11.2. The van der Waals surface area contributed by atoms with E-state index in [0.29, 0.717) is 12.2 Å². The Bertz CT molecular complexity index is 1190. The van der Waals surface area contributed by atoms with Crippen molar-refractivity contribution < 1.29 is 9.90 Å². The Kier molecular flexibility index (Phi) is 5.61. The van der Waals surface area contributed by atoms with Gasteiger partial charge in [0.1, 0.15) is 5.75 Å². The molecule has 1 amide bonds. The summed E-state index contributed by atoms with van der Waals surface area (Å²) in [6, 6.07) is 21.3. The summed E-state index contributed by atoms with van der Waals surface area (Å²) >= 11 is 0. The van der Waals surface area contributed by atoms with Gasteiger partial charge in [-0.25, -0.2) is 0 Å². The average Bonchev–Trinajstić information content (AvgIpc) is 3.14. The van der Waals surface area contributed by atoms with Gasteiger partial charge in [-0.1, -0.05) is 61.5 Å². The van der Waals surface area contributed by atoms with Crippen molar-refractivity contribution in [3.8, 4) is 16.9 Å². The number of nitrogens with zero attached hydrogens (tertiary/aromatic N) is 1. The maximum atomic E-state index is 12.1. The lowest BCUT2D eigenvalue weighted by Crippen LogP contribution is -2.11. The Morgan fingerprint density at radius 3 is 2.57 bits per heavy atom. The van der Waals surface area contributed by atoms with Crippen LogP contribution < -0.4 is 5.32 Å². The molecule has 1 aromatic heterocycles. The molecule has 0 aliphatic carbocycles. The number of nitrogens with one attached hydrogen (secondary N) is 2. The number of aromatic hydroxyl groups is 1. The van der Waals surface area contributed by atoms with Crippen molar-refractivity contribution in [2.45, 2.75) is 19.8 Å². The van der Waals surface area contributed by atoms with E-state index in [1.807, 2.05) is 61.5 Å². The van der Waals surface area contributed by atoms with Crippen molar-refractivity contribution in [1.29, 1.82) is 0 Å². The monoisotopic (exact) mass is 397 g/mol. The SMILES string of the molecule is CCCC(=O)Nc1n[nH]c2cc(-c3ccc(O)cc3)c(/C=C/c3ccccc3)cc12. The van der Waals surface area contributed by atoms with E-state index >= 15 is 0 Å². The summed E-state index contributed by atoms with van der Waals surface area (Å²) in [6.45, 7) is 1.97. The highest BCUT2D eigenvalue weighted by molar-refractivity contribution is 6.02. The summed E-state index contributed by atoms with van der Waals surface area (Å²) < 4.78 is 0. The molecule has 1 heterocycles. The van der Waals surface area contributed by atoms with Gasteiger partial charge in [-0.05, 0) is 52.9 Å². The highest BCUT2D eigenvalue weighted by Crippen LogP contribution is 2.33. The zero-order chi connectivity index (χ0) is 20.9. The van der Waals surface area contributed by atoms with Crippen LogP contribution in [-0.2, 0) is 4.79 Å². The van der Waals surface area contributed by atoms with Gasteiger partial charge in [0, 0.05) is 11.8 Å². The number of phenolic OH excluding ortho intramolecular Hbond substituents is 1. The standard InChI is InChI=1S/C25H23N3O2/c1-2-6-24(30)26-25-22-15-19(10-9-17-7-4-3-5-8-17)21(16-23(22)27-28-25)18-11-13-20(29)14-12-18/h3-5,7-16,29H,2,6H2,1H3,(H2,26,27,28,30)/b10-9+. The second-order valence-corrected chi connectivity index (χ2v) is 7.15. The molecule has 0 unspecified atom stereocenters. The highest BCUT2D eigenvalue weighted by atomic mass is 16.3. The van der Waals surface area contributed by atoms with Gasteiger partial charge in [0.05, 0.1) is 5.52 Å². The fraction of sp³-hybridized carbons (Fsp3) is 0.120. The molecule has 3 N–H and O–H groups in total. The third-order valence-corrected chi connectivity index (χ3v) is 4.90. The fourth-order valence-electron chi connectivity index (χ4n) is 3.38. The molecule has 0 atom stereocenters. The maximum Gasteiger partial charge on any atom is 0.225 e. The van der Waals surface area contributed by atoms with Gasteiger partial charge in [-0.15, -0.1) is 0 Å². The number of rotatable bonds is 6. The van der Waals surface area contributed by atoms with Gasteiger partial charge in [-0.3, -0.25) is 9.89 Å². The van der Waals surface area contributed by atoms with Crippen molar-refractivity contribution in [2.75, 3.05) is 5.32 Å². The van der Waals surface area contributed by atoms with E-state index in [1.165, 1.54) is 0 Å². The highest BCUT2D eigenvalue weighted by Gasteiger charge is 2.13. The molecule has 4 rings (SSSR count). The minimum atomic E-state index is -0.0464. The zero-order valence-electron chi connectivity index (χ0n) is 16.7. The molecule has 0 bridgehead atoms. The molecule has 5 nitrogen and oxygen atoms in total. The molecule has 0 fully saturated rings. The van der Waals surface area contributed by atoms with Gasteiger partial charge in [0.15, 0.2) is 5.82 Å². The van der Waals surface area contributed by atoms with E-state index < -0.39 is 0 Å². The van der Waals surface area contributed by atoms with Gasteiger partial charge in [0.2, 0.25) is 5.91 Å².